The number of amides is 1. The van der Waals surface area contributed by atoms with E-state index in [2.05, 4.69) is 26.1 Å². The van der Waals surface area contributed by atoms with Crippen molar-refractivity contribution < 1.29 is 15.0 Å². The number of piperidine rings is 1. The van der Waals surface area contributed by atoms with Crippen molar-refractivity contribution in [3.63, 3.8) is 0 Å². The van der Waals surface area contributed by atoms with Crippen LogP contribution >= 0.6 is 15.9 Å². The predicted molar refractivity (Wildman–Crippen MR) is 79.8 cm³/mol. The largest absolute Gasteiger partial charge is 0.396 e. The van der Waals surface area contributed by atoms with Crippen molar-refractivity contribution in [2.24, 2.45) is 5.92 Å². The van der Waals surface area contributed by atoms with Gasteiger partial charge in [-0.1, -0.05) is 0 Å². The second-order valence-electron chi connectivity index (χ2n) is 5.42. The third-order valence-corrected chi connectivity index (χ3v) is 4.67. The molecule has 2 atom stereocenters. The first-order valence-corrected chi connectivity index (χ1v) is 7.57. The second kappa shape index (κ2) is 5.35. The van der Waals surface area contributed by atoms with E-state index in [1.165, 1.54) is 0 Å². The molecule has 1 aromatic rings. The molecule has 3 N–H and O–H groups in total. The van der Waals surface area contributed by atoms with Crippen LogP contribution in [0.25, 0.3) is 0 Å². The smallest absolute Gasteiger partial charge is 0.257 e. The van der Waals surface area contributed by atoms with E-state index in [1.807, 2.05) is 6.07 Å². The van der Waals surface area contributed by atoms with Gasteiger partial charge in [0.1, 0.15) is 0 Å². The molecule has 6 heteroatoms. The van der Waals surface area contributed by atoms with E-state index in [1.54, 1.807) is 6.07 Å². The van der Waals surface area contributed by atoms with E-state index in [-0.39, 0.29) is 12.5 Å². The number of nitrogens with zero attached hydrogens (tertiary/aromatic N) is 1. The van der Waals surface area contributed by atoms with Crippen LogP contribution in [0.15, 0.2) is 16.6 Å². The zero-order valence-electron chi connectivity index (χ0n) is 11.0. The predicted octanol–water partition coefficient (Wildman–Crippen LogP) is 1.64. The third kappa shape index (κ3) is 2.32. The quantitative estimate of drug-likeness (QED) is 0.765. The highest BCUT2D eigenvalue weighted by Crippen LogP contribution is 2.40. The summed E-state index contributed by atoms with van der Waals surface area (Å²) in [5.74, 6) is -0.0833. The minimum absolute atomic E-state index is 0.203. The van der Waals surface area contributed by atoms with Gasteiger partial charge in [-0.3, -0.25) is 4.79 Å². The maximum absolute atomic E-state index is 11.5. The molecule has 5 nitrogen and oxygen atoms in total. The third-order valence-electron chi connectivity index (χ3n) is 4.04. The molecule has 1 fully saturated rings. The van der Waals surface area contributed by atoms with E-state index < -0.39 is 6.10 Å². The summed E-state index contributed by atoms with van der Waals surface area (Å²) in [6.07, 6.45) is 1.01. The molecule has 0 bridgehead atoms. The number of carbonyl (C=O) groups excluding carboxylic acids is 1. The molecule has 0 saturated carbocycles. The highest BCUT2D eigenvalue weighted by Gasteiger charge is 2.31. The summed E-state index contributed by atoms with van der Waals surface area (Å²) < 4.78 is 0.866. The van der Waals surface area contributed by atoms with Gasteiger partial charge in [-0.25, -0.2) is 0 Å². The van der Waals surface area contributed by atoms with Gasteiger partial charge in [-0.05, 0) is 46.8 Å². The van der Waals surface area contributed by atoms with Crippen LogP contribution in [0.5, 0.6) is 0 Å². The Morgan fingerprint density at radius 3 is 3.00 bits per heavy atom. The van der Waals surface area contributed by atoms with E-state index in [9.17, 15) is 15.0 Å². The topological polar surface area (TPSA) is 72.8 Å². The van der Waals surface area contributed by atoms with Gasteiger partial charge >= 0.3 is 0 Å². The summed E-state index contributed by atoms with van der Waals surface area (Å²) in [5, 5.41) is 21.8. The lowest BCUT2D eigenvalue weighted by atomic mass is 9.98. The maximum Gasteiger partial charge on any atom is 0.257 e. The molecule has 20 heavy (non-hydrogen) atoms. The number of benzene rings is 1. The first kappa shape index (κ1) is 13.9. The molecular formula is C14H17BrN2O3. The van der Waals surface area contributed by atoms with Gasteiger partial charge in [0, 0.05) is 35.4 Å². The number of halogens is 1. The molecule has 2 unspecified atom stereocenters. The Morgan fingerprint density at radius 2 is 2.25 bits per heavy atom. The molecule has 0 aliphatic carbocycles. The molecule has 1 saturated heterocycles. The van der Waals surface area contributed by atoms with Crippen LogP contribution in [0.1, 0.15) is 24.5 Å². The van der Waals surface area contributed by atoms with E-state index in [4.69, 9.17) is 0 Å². The number of hydrogen-bond acceptors (Lipinski definition) is 4. The standard InChI is InChI=1S/C14H17BrN2O3/c15-10-4-9-11(16-14(20)13(9)19)5-12(10)17-3-1-2-8(6-17)7-18/h4-5,8,13,18-19H,1-3,6-7H2,(H,16,20). The van der Waals surface area contributed by atoms with Crippen molar-refractivity contribution in [3.05, 3.63) is 22.2 Å². The maximum atomic E-state index is 11.5. The Balaban J connectivity index is 1.91. The number of anilines is 2. The van der Waals surface area contributed by atoms with Gasteiger partial charge < -0.3 is 20.4 Å². The van der Waals surface area contributed by atoms with Gasteiger partial charge in [0.15, 0.2) is 6.10 Å². The molecule has 2 aliphatic rings. The summed E-state index contributed by atoms with van der Waals surface area (Å²) in [4.78, 5) is 13.7. The number of hydrogen-bond donors (Lipinski definition) is 3. The van der Waals surface area contributed by atoms with Gasteiger partial charge in [-0.15, -0.1) is 0 Å². The van der Waals surface area contributed by atoms with Crippen LogP contribution in [0.4, 0.5) is 11.4 Å². The van der Waals surface area contributed by atoms with Crippen LogP contribution < -0.4 is 10.2 Å². The Kier molecular flexibility index (Phi) is 3.70. The van der Waals surface area contributed by atoms with E-state index in [0.717, 1.165) is 36.1 Å². The Bertz CT molecular complexity index is 549. The van der Waals surface area contributed by atoms with Gasteiger partial charge in [0.05, 0.1) is 5.69 Å². The normalized spacial score (nSPS) is 25.6. The lowest BCUT2D eigenvalue weighted by Crippen LogP contribution is -2.37. The average molecular weight is 341 g/mol. The molecule has 2 heterocycles. The molecule has 1 amide bonds. The Labute approximate surface area is 125 Å². The fraction of sp³-hybridized carbons (Fsp3) is 0.500. The first-order chi connectivity index (χ1) is 9.60. The minimum Gasteiger partial charge on any atom is -0.396 e. The molecule has 108 valence electrons. The molecule has 0 radical (unpaired) electrons. The molecule has 0 spiro atoms. The lowest BCUT2D eigenvalue weighted by Gasteiger charge is -2.34. The molecule has 1 aromatic carbocycles. The number of nitrogens with one attached hydrogen (secondary N) is 1. The summed E-state index contributed by atoms with van der Waals surface area (Å²) in [5.41, 5.74) is 2.28. The highest BCUT2D eigenvalue weighted by molar-refractivity contribution is 9.10. The second-order valence-corrected chi connectivity index (χ2v) is 6.27. The highest BCUT2D eigenvalue weighted by atomic mass is 79.9. The SMILES string of the molecule is O=C1Nc2cc(N3CCCC(CO)C3)c(Br)cc2C1O. The number of fused-ring (bicyclic) bond motifs is 1. The lowest BCUT2D eigenvalue weighted by molar-refractivity contribution is -0.123. The van der Waals surface area contributed by atoms with Gasteiger partial charge in [-0.2, -0.15) is 0 Å². The van der Waals surface area contributed by atoms with Crippen LogP contribution in [-0.4, -0.2) is 35.8 Å². The van der Waals surface area contributed by atoms with E-state index in [0.29, 0.717) is 17.2 Å². The van der Waals surface area contributed by atoms with Crippen LogP contribution in [0, 0.1) is 5.92 Å². The van der Waals surface area contributed by atoms with Crippen molar-refractivity contribution in [2.75, 3.05) is 29.9 Å². The van der Waals surface area contributed by atoms with Crippen molar-refractivity contribution in [1.29, 1.82) is 0 Å². The Hall–Kier alpha value is -1.11. The van der Waals surface area contributed by atoms with Crippen LogP contribution in [0.3, 0.4) is 0 Å². The zero-order valence-corrected chi connectivity index (χ0v) is 12.6. The van der Waals surface area contributed by atoms with Crippen molar-refractivity contribution in [1.82, 2.24) is 0 Å². The average Bonchev–Trinajstić information content (AvgIpc) is 2.73. The van der Waals surface area contributed by atoms with Gasteiger partial charge in [0.25, 0.3) is 5.91 Å². The van der Waals surface area contributed by atoms with Gasteiger partial charge in [0.2, 0.25) is 0 Å². The minimum atomic E-state index is -1.08. The van der Waals surface area contributed by atoms with E-state index >= 15 is 0 Å². The molecule has 2 aliphatic heterocycles. The fourth-order valence-corrected chi connectivity index (χ4v) is 3.54. The monoisotopic (exact) mass is 340 g/mol. The Morgan fingerprint density at radius 1 is 1.45 bits per heavy atom. The number of aliphatic hydroxyl groups excluding tert-OH is 2. The van der Waals surface area contributed by atoms with Crippen LogP contribution in [-0.2, 0) is 4.79 Å². The van der Waals surface area contributed by atoms with Crippen LogP contribution in [0.2, 0.25) is 0 Å². The zero-order chi connectivity index (χ0) is 14.3. The number of rotatable bonds is 2. The molecular weight excluding hydrogens is 324 g/mol. The summed E-state index contributed by atoms with van der Waals surface area (Å²) in [6, 6.07) is 3.70. The summed E-state index contributed by atoms with van der Waals surface area (Å²) >= 11 is 3.52. The number of carbonyl (C=O) groups is 1. The fourth-order valence-electron chi connectivity index (χ4n) is 2.93. The molecule has 3 rings (SSSR count). The van der Waals surface area contributed by atoms with Crippen molar-refractivity contribution >= 4 is 33.2 Å². The number of aliphatic hydroxyl groups is 2. The van der Waals surface area contributed by atoms with Crippen molar-refractivity contribution in [3.8, 4) is 0 Å². The summed E-state index contributed by atoms with van der Waals surface area (Å²) in [6.45, 7) is 1.95. The summed E-state index contributed by atoms with van der Waals surface area (Å²) in [7, 11) is 0. The first-order valence-electron chi connectivity index (χ1n) is 6.78. The van der Waals surface area contributed by atoms with Crippen molar-refractivity contribution in [2.45, 2.75) is 18.9 Å². The molecule has 0 aromatic heterocycles.